The van der Waals surface area contributed by atoms with Gasteiger partial charge < -0.3 is 11.1 Å². The fourth-order valence-corrected chi connectivity index (χ4v) is 4.64. The molecule has 164 valence electrons. The van der Waals surface area contributed by atoms with Crippen molar-refractivity contribution in [2.45, 2.75) is 12.5 Å². The second-order valence-electron chi connectivity index (χ2n) is 7.65. The molecule has 0 fully saturated rings. The first-order valence-corrected chi connectivity index (χ1v) is 11.4. The first-order chi connectivity index (χ1) is 16.2. The van der Waals surface area contributed by atoms with Crippen molar-refractivity contribution < 1.29 is 4.39 Å². The summed E-state index contributed by atoms with van der Waals surface area (Å²) in [5.74, 6) is 0.460. The van der Waals surface area contributed by atoms with Crippen LogP contribution in [0.1, 0.15) is 5.56 Å². The van der Waals surface area contributed by atoms with Crippen molar-refractivity contribution in [1.82, 2.24) is 19.9 Å². The van der Waals surface area contributed by atoms with Crippen LogP contribution in [0.15, 0.2) is 78.7 Å². The summed E-state index contributed by atoms with van der Waals surface area (Å²) in [6.07, 6.45) is 6.95. The maximum absolute atomic E-state index is 14.5. The zero-order valence-corrected chi connectivity index (χ0v) is 18.5. The highest BCUT2D eigenvalue weighted by Crippen LogP contribution is 2.37. The third kappa shape index (κ3) is 4.57. The molecule has 33 heavy (non-hydrogen) atoms. The summed E-state index contributed by atoms with van der Waals surface area (Å²) in [6, 6.07) is 15.4. The molecule has 0 aliphatic heterocycles. The van der Waals surface area contributed by atoms with E-state index >= 15 is 0 Å². The lowest BCUT2D eigenvalue weighted by molar-refractivity contribution is 0.623. The summed E-state index contributed by atoms with van der Waals surface area (Å²) in [6.45, 7) is 0.513. The number of fused-ring (bicyclic) bond motifs is 1. The van der Waals surface area contributed by atoms with Crippen molar-refractivity contribution in [3.8, 4) is 22.5 Å². The molecule has 1 atom stereocenters. The Balaban J connectivity index is 1.52. The number of halogens is 1. The standard InChI is InChI=1S/C25H21FN6S/c26-21-14-29-10-8-19(21)24-31-22-20(17-7-4-9-28-12-17)15-33-23(22)25(32-24)30-13-18(27)11-16-5-2-1-3-6-16/h1-10,12,14-15,18H,11,13,27H2,(H,30,31,32)/t18-/m0/s1. The minimum Gasteiger partial charge on any atom is -0.367 e. The number of benzene rings is 1. The van der Waals surface area contributed by atoms with Crippen molar-refractivity contribution in [3.63, 3.8) is 0 Å². The number of rotatable bonds is 7. The first kappa shape index (κ1) is 21.1. The number of hydrogen-bond donors (Lipinski definition) is 2. The predicted molar refractivity (Wildman–Crippen MR) is 130 cm³/mol. The topological polar surface area (TPSA) is 89.6 Å². The highest BCUT2D eigenvalue weighted by atomic mass is 32.1. The highest BCUT2D eigenvalue weighted by molar-refractivity contribution is 7.18. The molecule has 1 aromatic carbocycles. The van der Waals surface area contributed by atoms with E-state index in [9.17, 15) is 4.39 Å². The van der Waals surface area contributed by atoms with Crippen molar-refractivity contribution in [1.29, 1.82) is 0 Å². The Morgan fingerprint density at radius 1 is 0.939 bits per heavy atom. The molecule has 5 aromatic rings. The van der Waals surface area contributed by atoms with Gasteiger partial charge >= 0.3 is 0 Å². The van der Waals surface area contributed by atoms with Gasteiger partial charge in [-0.2, -0.15) is 0 Å². The third-order valence-corrected chi connectivity index (χ3v) is 6.25. The van der Waals surface area contributed by atoms with Crippen LogP contribution in [-0.4, -0.2) is 32.5 Å². The number of thiophene rings is 1. The van der Waals surface area contributed by atoms with Gasteiger partial charge in [0.2, 0.25) is 0 Å². The molecule has 0 radical (unpaired) electrons. The van der Waals surface area contributed by atoms with Crippen LogP contribution >= 0.6 is 11.3 Å². The van der Waals surface area contributed by atoms with Gasteiger partial charge in [-0.3, -0.25) is 9.97 Å². The molecule has 8 heteroatoms. The lowest BCUT2D eigenvalue weighted by atomic mass is 10.1. The molecule has 0 saturated carbocycles. The Labute approximate surface area is 194 Å². The quantitative estimate of drug-likeness (QED) is 0.361. The number of nitrogens with zero attached hydrogens (tertiary/aromatic N) is 4. The van der Waals surface area contributed by atoms with E-state index < -0.39 is 5.82 Å². The van der Waals surface area contributed by atoms with Crippen LogP contribution in [0.5, 0.6) is 0 Å². The van der Waals surface area contributed by atoms with E-state index in [1.54, 1.807) is 18.5 Å². The highest BCUT2D eigenvalue weighted by Gasteiger charge is 2.18. The first-order valence-electron chi connectivity index (χ1n) is 10.5. The van der Waals surface area contributed by atoms with Gasteiger partial charge in [0, 0.05) is 47.7 Å². The van der Waals surface area contributed by atoms with Gasteiger partial charge in [-0.15, -0.1) is 11.3 Å². The molecule has 3 N–H and O–H groups in total. The second kappa shape index (κ2) is 9.40. The van der Waals surface area contributed by atoms with Gasteiger partial charge in [-0.05, 0) is 24.1 Å². The van der Waals surface area contributed by atoms with Gasteiger partial charge in [0.05, 0.1) is 22.0 Å². The Morgan fingerprint density at radius 3 is 2.58 bits per heavy atom. The zero-order chi connectivity index (χ0) is 22.6. The van der Waals surface area contributed by atoms with Crippen LogP contribution in [0, 0.1) is 5.82 Å². The van der Waals surface area contributed by atoms with Crippen LogP contribution in [-0.2, 0) is 6.42 Å². The molecule has 4 aromatic heterocycles. The van der Waals surface area contributed by atoms with Crippen molar-refractivity contribution in [2.24, 2.45) is 5.73 Å². The Hall–Kier alpha value is -3.75. The maximum atomic E-state index is 14.5. The zero-order valence-electron chi connectivity index (χ0n) is 17.6. The minimum absolute atomic E-state index is 0.115. The SMILES string of the molecule is N[C@H](CNc1nc(-c2ccncc2F)nc2c(-c3cccnc3)csc12)Cc1ccccc1. The van der Waals surface area contributed by atoms with Crippen molar-refractivity contribution in [2.75, 3.05) is 11.9 Å². The monoisotopic (exact) mass is 456 g/mol. The molecule has 0 saturated heterocycles. The van der Waals surface area contributed by atoms with E-state index in [2.05, 4.69) is 32.4 Å². The number of anilines is 1. The number of nitrogens with one attached hydrogen (secondary N) is 1. The largest absolute Gasteiger partial charge is 0.367 e. The molecule has 5 rings (SSSR count). The predicted octanol–water partition coefficient (Wildman–Crippen LogP) is 4.94. The molecule has 0 aliphatic carbocycles. The van der Waals surface area contributed by atoms with Crippen LogP contribution in [0.4, 0.5) is 10.2 Å². The summed E-state index contributed by atoms with van der Waals surface area (Å²) in [5, 5.41) is 5.41. The smallest absolute Gasteiger partial charge is 0.165 e. The number of pyridine rings is 2. The lowest BCUT2D eigenvalue weighted by Gasteiger charge is -2.15. The molecule has 0 amide bonds. The summed E-state index contributed by atoms with van der Waals surface area (Å²) < 4.78 is 15.4. The van der Waals surface area contributed by atoms with Gasteiger partial charge in [-0.1, -0.05) is 36.4 Å². The van der Waals surface area contributed by atoms with Crippen LogP contribution in [0.25, 0.3) is 32.7 Å². The number of aromatic nitrogens is 4. The van der Waals surface area contributed by atoms with Gasteiger partial charge in [0.25, 0.3) is 0 Å². The van der Waals surface area contributed by atoms with E-state index in [4.69, 9.17) is 10.7 Å². The fourth-order valence-electron chi connectivity index (χ4n) is 3.66. The number of nitrogens with two attached hydrogens (primary N) is 1. The molecule has 0 unspecified atom stereocenters. The molecular formula is C25H21FN6S. The van der Waals surface area contributed by atoms with E-state index in [0.717, 1.165) is 27.8 Å². The second-order valence-corrected chi connectivity index (χ2v) is 8.53. The maximum Gasteiger partial charge on any atom is 0.165 e. The molecule has 0 spiro atoms. The average Bonchev–Trinajstić information content (AvgIpc) is 3.28. The van der Waals surface area contributed by atoms with E-state index in [1.807, 2.05) is 35.7 Å². The molecule has 0 aliphatic rings. The van der Waals surface area contributed by atoms with Crippen LogP contribution in [0.2, 0.25) is 0 Å². The van der Waals surface area contributed by atoms with Gasteiger partial charge in [0.1, 0.15) is 5.82 Å². The minimum atomic E-state index is -0.471. The Morgan fingerprint density at radius 2 is 1.79 bits per heavy atom. The Kier molecular flexibility index (Phi) is 6.01. The van der Waals surface area contributed by atoms with Crippen molar-refractivity contribution >= 4 is 27.4 Å². The molecule has 0 bridgehead atoms. The molecular weight excluding hydrogens is 435 g/mol. The van der Waals surface area contributed by atoms with Crippen LogP contribution in [0.3, 0.4) is 0 Å². The summed E-state index contributed by atoms with van der Waals surface area (Å²) >= 11 is 1.54. The normalized spacial score (nSPS) is 12.1. The summed E-state index contributed by atoms with van der Waals surface area (Å²) in [5.41, 5.74) is 10.5. The average molecular weight is 457 g/mol. The Bertz CT molecular complexity index is 1370. The van der Waals surface area contributed by atoms with Gasteiger partial charge in [-0.25, -0.2) is 14.4 Å². The van der Waals surface area contributed by atoms with Gasteiger partial charge in [0.15, 0.2) is 11.6 Å². The van der Waals surface area contributed by atoms with E-state index in [0.29, 0.717) is 23.8 Å². The molecule has 4 heterocycles. The van der Waals surface area contributed by atoms with E-state index in [-0.39, 0.29) is 6.04 Å². The number of hydrogen-bond acceptors (Lipinski definition) is 7. The van der Waals surface area contributed by atoms with E-state index in [1.165, 1.54) is 29.3 Å². The molecule has 6 nitrogen and oxygen atoms in total. The summed E-state index contributed by atoms with van der Waals surface area (Å²) in [4.78, 5) is 17.5. The lowest BCUT2D eigenvalue weighted by Crippen LogP contribution is -2.31. The van der Waals surface area contributed by atoms with Crippen LogP contribution < -0.4 is 11.1 Å². The summed E-state index contributed by atoms with van der Waals surface area (Å²) in [7, 11) is 0. The third-order valence-electron chi connectivity index (χ3n) is 5.27. The van der Waals surface area contributed by atoms with Crippen molar-refractivity contribution in [3.05, 3.63) is 90.1 Å². The fraction of sp³-hybridized carbons (Fsp3) is 0.120.